The molecule has 1 saturated heterocycles. The summed E-state index contributed by atoms with van der Waals surface area (Å²) in [5.41, 5.74) is -0.306. The van der Waals surface area contributed by atoms with Crippen molar-refractivity contribution in [1.29, 1.82) is 0 Å². The van der Waals surface area contributed by atoms with Gasteiger partial charge in [0.25, 0.3) is 0 Å². The van der Waals surface area contributed by atoms with Crippen LogP contribution in [0.15, 0.2) is 17.1 Å². The molecule has 2 atom stereocenters. The zero-order valence-corrected chi connectivity index (χ0v) is 15.8. The van der Waals surface area contributed by atoms with Gasteiger partial charge in [-0.1, -0.05) is 18.5 Å². The minimum atomic E-state index is -0.584. The smallest absolute Gasteiger partial charge is 0.341 e. The first-order chi connectivity index (χ1) is 12.9. The zero-order valence-electron chi connectivity index (χ0n) is 15.1. The number of hydrogen-bond acceptors (Lipinski definition) is 4. The van der Waals surface area contributed by atoms with Crippen molar-refractivity contribution in [3.8, 4) is 0 Å². The van der Waals surface area contributed by atoms with Crippen LogP contribution in [-0.4, -0.2) is 43.2 Å². The molecule has 0 spiro atoms. The predicted molar refractivity (Wildman–Crippen MR) is 97.1 cm³/mol. The lowest BCUT2D eigenvalue weighted by atomic mass is 10.0. The number of carbonyl (C=O) groups excluding carboxylic acids is 1. The van der Waals surface area contributed by atoms with Crippen LogP contribution in [0.2, 0.25) is 5.02 Å². The summed E-state index contributed by atoms with van der Waals surface area (Å²) in [5, 5.41) is 4.53. The maximum atomic E-state index is 14.0. The average Bonchev–Trinajstić information content (AvgIpc) is 3.21. The molecule has 0 radical (unpaired) electrons. The molecule has 2 aliphatic rings. The lowest BCUT2D eigenvalue weighted by Gasteiger charge is -2.27. The largest absolute Gasteiger partial charge is 0.347 e. The normalized spacial score (nSPS) is 22.1. The molecule has 0 aliphatic carbocycles. The summed E-state index contributed by atoms with van der Waals surface area (Å²) in [7, 11) is 0. The number of nitrogens with zero attached hydrogens (tertiary/aromatic N) is 5. The van der Waals surface area contributed by atoms with E-state index in [9.17, 15) is 14.0 Å². The molecule has 0 N–H and O–H groups in total. The maximum Gasteiger partial charge on any atom is 0.347 e. The number of aryl methyl sites for hydroxylation is 1. The number of rotatable bonds is 3. The Balaban J connectivity index is 1.64. The van der Waals surface area contributed by atoms with E-state index in [0.717, 1.165) is 32.0 Å². The molecule has 2 aliphatic heterocycles. The molecule has 2 aromatic rings. The van der Waals surface area contributed by atoms with Crippen molar-refractivity contribution in [2.75, 3.05) is 13.1 Å². The highest BCUT2D eigenvalue weighted by Crippen LogP contribution is 2.27. The summed E-state index contributed by atoms with van der Waals surface area (Å²) < 4.78 is 16.7. The third kappa shape index (κ3) is 3.38. The Hall–Kier alpha value is -2.22. The highest BCUT2D eigenvalue weighted by Gasteiger charge is 2.35. The maximum absolute atomic E-state index is 14.0. The van der Waals surface area contributed by atoms with Crippen molar-refractivity contribution >= 4 is 17.5 Å². The van der Waals surface area contributed by atoms with Crippen LogP contribution >= 0.6 is 11.6 Å². The summed E-state index contributed by atoms with van der Waals surface area (Å²) >= 11 is 5.73. The van der Waals surface area contributed by atoms with E-state index in [-0.39, 0.29) is 23.2 Å². The van der Waals surface area contributed by atoms with E-state index in [2.05, 4.69) is 17.0 Å². The summed E-state index contributed by atoms with van der Waals surface area (Å²) in [6.07, 6.45) is 4.36. The Morgan fingerprint density at radius 3 is 2.93 bits per heavy atom. The predicted octanol–water partition coefficient (Wildman–Crippen LogP) is 2.03. The average molecular weight is 394 g/mol. The van der Waals surface area contributed by atoms with Crippen molar-refractivity contribution in [1.82, 2.24) is 24.2 Å². The van der Waals surface area contributed by atoms with Crippen molar-refractivity contribution in [2.24, 2.45) is 5.92 Å². The molecule has 0 unspecified atom stereocenters. The highest BCUT2D eigenvalue weighted by molar-refractivity contribution is 6.30. The second-order valence-corrected chi connectivity index (χ2v) is 7.83. The van der Waals surface area contributed by atoms with E-state index in [1.54, 1.807) is 0 Å². The van der Waals surface area contributed by atoms with Crippen LogP contribution in [0.3, 0.4) is 0 Å². The van der Waals surface area contributed by atoms with Gasteiger partial charge in [0.05, 0.1) is 17.3 Å². The number of fused-ring (bicyclic) bond motifs is 1. The molecule has 0 aromatic carbocycles. The van der Waals surface area contributed by atoms with Gasteiger partial charge >= 0.3 is 5.69 Å². The fourth-order valence-electron chi connectivity index (χ4n) is 3.92. The fourth-order valence-corrected chi connectivity index (χ4v) is 4.06. The van der Waals surface area contributed by atoms with Gasteiger partial charge in [-0.15, -0.1) is 0 Å². The van der Waals surface area contributed by atoms with Gasteiger partial charge in [-0.05, 0) is 31.2 Å². The molecule has 1 fully saturated rings. The van der Waals surface area contributed by atoms with Gasteiger partial charge in [0.1, 0.15) is 17.7 Å². The Labute approximate surface area is 160 Å². The minimum Gasteiger partial charge on any atom is -0.341 e. The Kier molecular flexibility index (Phi) is 4.75. The van der Waals surface area contributed by atoms with Crippen LogP contribution < -0.4 is 5.69 Å². The molecule has 7 nitrogen and oxygen atoms in total. The number of amides is 1. The topological polar surface area (TPSA) is 73.0 Å². The summed E-state index contributed by atoms with van der Waals surface area (Å²) in [4.78, 5) is 31.7. The zero-order chi connectivity index (χ0) is 19.1. The number of aromatic nitrogens is 4. The first-order valence-electron chi connectivity index (χ1n) is 9.21. The molecule has 4 rings (SSSR count). The second kappa shape index (κ2) is 7.07. The van der Waals surface area contributed by atoms with Gasteiger partial charge in [0, 0.05) is 25.7 Å². The lowest BCUT2D eigenvalue weighted by Crippen LogP contribution is -2.41. The molecule has 9 heteroatoms. The fraction of sp³-hybridized carbons (Fsp3) is 0.556. The SMILES string of the molecule is C[C@H]1CCN(C(=O)[C@@H]2CCCc3nn(Cc4ncc(Cl)cc4F)c(=O)n32)C1. The number of pyridine rings is 1. The standard InChI is InChI=1S/C18H21ClFN5O2/c1-11-5-6-23(9-11)17(26)15-3-2-4-16-22-24(18(27)25(15)16)10-14-13(20)7-12(19)8-21-14/h7-8,11,15H,2-6,9-10H2,1H3/t11-,15-/m0/s1. The van der Waals surface area contributed by atoms with Crippen molar-refractivity contribution < 1.29 is 9.18 Å². The van der Waals surface area contributed by atoms with Gasteiger partial charge < -0.3 is 4.90 Å². The second-order valence-electron chi connectivity index (χ2n) is 7.39. The van der Waals surface area contributed by atoms with Crippen LogP contribution in [0.1, 0.15) is 43.7 Å². The molecular formula is C18H21ClFN5O2. The van der Waals surface area contributed by atoms with Gasteiger partial charge in [-0.2, -0.15) is 5.10 Å². The van der Waals surface area contributed by atoms with Crippen LogP contribution in [0, 0.1) is 11.7 Å². The van der Waals surface area contributed by atoms with Crippen LogP contribution in [0.25, 0.3) is 0 Å². The molecule has 1 amide bonds. The van der Waals surface area contributed by atoms with Gasteiger partial charge in [-0.3, -0.25) is 14.3 Å². The van der Waals surface area contributed by atoms with Crippen LogP contribution in [0.4, 0.5) is 4.39 Å². The van der Waals surface area contributed by atoms with E-state index < -0.39 is 17.5 Å². The minimum absolute atomic E-state index is 0.0160. The van der Waals surface area contributed by atoms with Crippen LogP contribution in [0.5, 0.6) is 0 Å². The van der Waals surface area contributed by atoms with Crippen molar-refractivity contribution in [3.05, 3.63) is 45.1 Å². The van der Waals surface area contributed by atoms with E-state index in [0.29, 0.717) is 24.6 Å². The van der Waals surface area contributed by atoms with Crippen molar-refractivity contribution in [3.63, 3.8) is 0 Å². The Morgan fingerprint density at radius 2 is 2.22 bits per heavy atom. The van der Waals surface area contributed by atoms with E-state index in [4.69, 9.17) is 11.6 Å². The number of likely N-dealkylation sites (tertiary alicyclic amines) is 1. The number of carbonyl (C=O) groups is 1. The first kappa shape index (κ1) is 18.2. The molecule has 2 aromatic heterocycles. The summed E-state index contributed by atoms with van der Waals surface area (Å²) in [6, 6.07) is 0.634. The van der Waals surface area contributed by atoms with E-state index >= 15 is 0 Å². The third-order valence-corrected chi connectivity index (χ3v) is 5.54. The quantitative estimate of drug-likeness (QED) is 0.799. The molecule has 144 valence electrons. The first-order valence-corrected chi connectivity index (χ1v) is 9.58. The van der Waals surface area contributed by atoms with Gasteiger partial charge in [0.2, 0.25) is 5.91 Å². The molecule has 4 heterocycles. The number of hydrogen-bond donors (Lipinski definition) is 0. The van der Waals surface area contributed by atoms with Gasteiger partial charge in [-0.25, -0.2) is 13.9 Å². The van der Waals surface area contributed by atoms with E-state index in [1.165, 1.54) is 15.4 Å². The molecule has 0 bridgehead atoms. The summed E-state index contributed by atoms with van der Waals surface area (Å²) in [6.45, 7) is 3.49. The molecule has 27 heavy (non-hydrogen) atoms. The van der Waals surface area contributed by atoms with E-state index in [1.807, 2.05) is 4.90 Å². The summed E-state index contributed by atoms with van der Waals surface area (Å²) in [5.74, 6) is 0.457. The lowest BCUT2D eigenvalue weighted by molar-refractivity contribution is -0.134. The highest BCUT2D eigenvalue weighted by atomic mass is 35.5. The van der Waals surface area contributed by atoms with Gasteiger partial charge in [0.15, 0.2) is 0 Å². The third-order valence-electron chi connectivity index (χ3n) is 5.33. The molecule has 0 saturated carbocycles. The van der Waals surface area contributed by atoms with Crippen LogP contribution in [-0.2, 0) is 17.8 Å². The van der Waals surface area contributed by atoms with Crippen molar-refractivity contribution in [2.45, 2.75) is 45.2 Å². The Morgan fingerprint density at radius 1 is 1.41 bits per heavy atom. The monoisotopic (exact) mass is 393 g/mol. The number of halogens is 2. The molecular weight excluding hydrogens is 373 g/mol. The Bertz CT molecular complexity index is 940.